The Hall–Kier alpha value is -3.08. The molecule has 3 aromatic rings. The Bertz CT molecular complexity index is 1970. The van der Waals surface area contributed by atoms with Gasteiger partial charge in [0.2, 0.25) is 5.60 Å². The van der Waals surface area contributed by atoms with Crippen LogP contribution in [0.15, 0.2) is 41.6 Å². The van der Waals surface area contributed by atoms with Crippen molar-refractivity contribution in [2.45, 2.75) is 151 Å². The van der Waals surface area contributed by atoms with Crippen LogP contribution >= 0.6 is 7.82 Å². The first-order valence-electron chi connectivity index (χ1n) is 21.0. The van der Waals surface area contributed by atoms with Gasteiger partial charge in [-0.1, -0.05) is 103 Å². The number of phosphoric ester groups is 1. The Morgan fingerprint density at radius 1 is 0.967 bits per heavy atom. The van der Waals surface area contributed by atoms with Crippen molar-refractivity contribution < 1.29 is 55.4 Å². The zero-order chi connectivity index (χ0) is 43.6. The average molecular weight is 884 g/mol. The lowest BCUT2D eigenvalue weighted by atomic mass is 9.93. The fourth-order valence-corrected chi connectivity index (χ4v) is 8.94. The Kier molecular flexibility index (Phi) is 20.3. The lowest BCUT2D eigenvalue weighted by Crippen LogP contribution is -2.40. The highest BCUT2D eigenvalue weighted by atomic mass is 32.2. The third-order valence-electron chi connectivity index (χ3n) is 10.5. The highest BCUT2D eigenvalue weighted by Gasteiger charge is 2.60. The first kappa shape index (κ1) is 49.6. The maximum absolute atomic E-state index is 14.3. The number of unbranched alkanes of at least 4 members (excludes halogenated alkanes) is 15. The van der Waals surface area contributed by atoms with Crippen molar-refractivity contribution in [3.63, 3.8) is 0 Å². The molecule has 0 saturated carbocycles. The molecule has 4 rings (SSSR count). The topological polar surface area (TPSA) is 227 Å². The molecule has 1 fully saturated rings. The molecule has 19 heteroatoms. The van der Waals surface area contributed by atoms with E-state index in [9.17, 15) is 32.8 Å². The van der Waals surface area contributed by atoms with E-state index >= 15 is 0 Å². The number of nitrogens with zero attached hydrogens (tertiary/aromatic N) is 4. The Morgan fingerprint density at radius 3 is 2.15 bits per heavy atom. The maximum atomic E-state index is 14.3. The molecule has 0 radical (unpaired) electrons. The molecular formula is C41H63FN5O11PS. The van der Waals surface area contributed by atoms with E-state index in [1.54, 1.807) is 0 Å². The van der Waals surface area contributed by atoms with Crippen LogP contribution in [0.5, 0.6) is 0 Å². The molecule has 0 bridgehead atoms. The number of hydrogen-bond donors (Lipinski definition) is 3. The predicted octanol–water partition coefficient (Wildman–Crippen LogP) is 7.30. The zero-order valence-corrected chi connectivity index (χ0v) is 36.8. The van der Waals surface area contributed by atoms with Crippen molar-refractivity contribution in [2.75, 3.05) is 38.9 Å². The number of nitriles is 1. The summed E-state index contributed by atoms with van der Waals surface area (Å²) in [5.74, 6) is -0.681. The van der Waals surface area contributed by atoms with Crippen LogP contribution in [0.3, 0.4) is 0 Å². The summed E-state index contributed by atoms with van der Waals surface area (Å²) in [4.78, 5) is 3.69. The Morgan fingerprint density at radius 2 is 1.57 bits per heavy atom. The van der Waals surface area contributed by atoms with E-state index in [0.29, 0.717) is 12.1 Å². The van der Waals surface area contributed by atoms with Crippen LogP contribution in [0, 0.1) is 17.1 Å². The van der Waals surface area contributed by atoms with Gasteiger partial charge in [-0.15, -0.1) is 0 Å². The van der Waals surface area contributed by atoms with E-state index in [-0.39, 0.29) is 41.8 Å². The molecule has 1 aliphatic rings. The van der Waals surface area contributed by atoms with Crippen molar-refractivity contribution >= 4 is 29.0 Å². The summed E-state index contributed by atoms with van der Waals surface area (Å²) in [6.45, 7) is 1.92. The molecule has 60 heavy (non-hydrogen) atoms. The van der Waals surface area contributed by atoms with Gasteiger partial charge in [0.15, 0.2) is 21.9 Å². The van der Waals surface area contributed by atoms with Gasteiger partial charge >= 0.3 is 7.82 Å². The lowest BCUT2D eigenvalue weighted by Gasteiger charge is -2.26. The summed E-state index contributed by atoms with van der Waals surface area (Å²) in [7, 11) is -7.34. The van der Waals surface area contributed by atoms with E-state index in [1.165, 1.54) is 99.8 Å². The van der Waals surface area contributed by atoms with Crippen molar-refractivity contribution in [2.24, 2.45) is 0 Å². The molecule has 0 amide bonds. The molecule has 336 valence electrons. The number of phosphoric acid groups is 1. The van der Waals surface area contributed by atoms with Gasteiger partial charge in [0.1, 0.15) is 42.0 Å². The largest absolute Gasteiger partial charge is 0.477 e. The van der Waals surface area contributed by atoms with Crippen molar-refractivity contribution in [3.05, 3.63) is 53.7 Å². The first-order valence-corrected chi connectivity index (χ1v) is 24.3. The smallest absolute Gasteiger partial charge is 0.386 e. The summed E-state index contributed by atoms with van der Waals surface area (Å²) < 4.78 is 87.5. The highest BCUT2D eigenvalue weighted by molar-refractivity contribution is 7.90. The molecule has 16 nitrogen and oxygen atoms in total. The summed E-state index contributed by atoms with van der Waals surface area (Å²) in [6, 6.07) is 8.10. The van der Waals surface area contributed by atoms with Gasteiger partial charge in [-0.25, -0.2) is 26.9 Å². The van der Waals surface area contributed by atoms with Gasteiger partial charge in [-0.05, 0) is 42.3 Å². The molecule has 0 aliphatic carbocycles. The van der Waals surface area contributed by atoms with Crippen LogP contribution in [0.2, 0.25) is 0 Å². The quantitative estimate of drug-likeness (QED) is 0.0441. The molecule has 4 N–H and O–H groups in total. The van der Waals surface area contributed by atoms with Crippen LogP contribution in [0.1, 0.15) is 121 Å². The standard InChI is InChI=1S/C41H63FN5O11PS/c1-4-5-6-7-8-9-10-11-12-13-14-15-16-17-18-19-22-54-27-33(28-55-26-31-23-32(42)25-34(24-31)60(3,51)52)57-59(50,53-2)58-40-37(48)38(49)41(29-43,56-40)36-21-20-35-39(44)45-30-46-47(35)36/h20-21,23-25,30,33,37-38,40,48-49H,4-19,22,26-28H2,1-3H3,(H2,44,45,46)/t33-,37+,38-,40-,41+,59?/m1/s1. The Labute approximate surface area is 353 Å². The van der Waals surface area contributed by atoms with Crippen LogP contribution in [0.25, 0.3) is 5.52 Å². The molecule has 0 spiro atoms. The molecule has 6 atom stereocenters. The van der Waals surface area contributed by atoms with Crippen LogP contribution < -0.4 is 5.73 Å². The van der Waals surface area contributed by atoms with E-state index in [4.69, 9.17) is 33.5 Å². The summed E-state index contributed by atoms with van der Waals surface area (Å²) >= 11 is 0. The normalized spacial score (nSPS) is 21.0. The molecule has 2 aromatic heterocycles. The van der Waals surface area contributed by atoms with Crippen LogP contribution in [0.4, 0.5) is 10.2 Å². The number of aromatic nitrogens is 3. The van der Waals surface area contributed by atoms with E-state index in [0.717, 1.165) is 57.5 Å². The van der Waals surface area contributed by atoms with E-state index in [2.05, 4.69) is 17.0 Å². The number of halogens is 1. The van der Waals surface area contributed by atoms with Gasteiger partial charge in [0, 0.05) is 20.0 Å². The predicted molar refractivity (Wildman–Crippen MR) is 222 cm³/mol. The van der Waals surface area contributed by atoms with Gasteiger partial charge in [0.05, 0.1) is 30.4 Å². The van der Waals surface area contributed by atoms with Gasteiger partial charge in [-0.3, -0.25) is 13.6 Å². The minimum absolute atomic E-state index is 0.00921. The number of aliphatic hydroxyl groups excluding tert-OH is 2. The zero-order valence-electron chi connectivity index (χ0n) is 35.1. The number of rotatable bonds is 30. The number of sulfone groups is 1. The minimum Gasteiger partial charge on any atom is -0.386 e. The van der Waals surface area contributed by atoms with E-state index in [1.807, 2.05) is 6.07 Å². The molecule has 1 aliphatic heterocycles. The average Bonchev–Trinajstić information content (AvgIpc) is 3.76. The monoisotopic (exact) mass is 883 g/mol. The number of benzene rings is 1. The Balaban J connectivity index is 1.30. The molecule has 1 saturated heterocycles. The fraction of sp³-hybridized carbons (Fsp3) is 0.683. The van der Waals surface area contributed by atoms with Crippen LogP contribution in [-0.4, -0.2) is 91.0 Å². The summed E-state index contributed by atoms with van der Waals surface area (Å²) in [5, 5.41) is 36.5. The second kappa shape index (κ2) is 24.5. The number of ether oxygens (including phenoxy) is 3. The first-order chi connectivity index (χ1) is 28.8. The van der Waals surface area contributed by atoms with Gasteiger partial charge in [0.25, 0.3) is 0 Å². The van der Waals surface area contributed by atoms with Crippen molar-refractivity contribution in [1.29, 1.82) is 5.26 Å². The van der Waals surface area contributed by atoms with E-state index < -0.39 is 53.7 Å². The lowest BCUT2D eigenvalue weighted by molar-refractivity contribution is -0.148. The van der Waals surface area contributed by atoms with Crippen LogP contribution in [-0.2, 0) is 54.4 Å². The second-order valence-corrected chi connectivity index (χ2v) is 19.1. The molecule has 1 unspecified atom stereocenters. The highest BCUT2D eigenvalue weighted by Crippen LogP contribution is 2.54. The van der Waals surface area contributed by atoms with Crippen molar-refractivity contribution in [3.8, 4) is 6.07 Å². The van der Waals surface area contributed by atoms with Gasteiger partial charge < -0.3 is 30.2 Å². The fourth-order valence-electron chi connectivity index (χ4n) is 7.11. The number of aliphatic hydroxyl groups is 2. The SMILES string of the molecule is CCCCCCCCCCCCCCCCCCOC[C@H](COCc1cc(F)cc(S(C)(=O)=O)c1)OP(=O)(OC)O[C@H]1O[C@@](C#N)(c2ccc3c(N)ncnn23)[C@H](O)[C@@H]1O. The number of hydrogen-bond acceptors (Lipinski definition) is 15. The minimum atomic E-state index is -4.67. The van der Waals surface area contributed by atoms with Gasteiger partial charge in [-0.2, -0.15) is 10.4 Å². The third kappa shape index (κ3) is 14.5. The number of fused-ring (bicyclic) bond motifs is 1. The molecular weight excluding hydrogens is 821 g/mol. The third-order valence-corrected chi connectivity index (χ3v) is 13.0. The van der Waals surface area contributed by atoms with Crippen molar-refractivity contribution in [1.82, 2.24) is 14.6 Å². The molecule has 1 aromatic carbocycles. The molecule has 3 heterocycles. The number of nitrogen functional groups attached to an aromatic ring is 1. The second-order valence-electron chi connectivity index (χ2n) is 15.4. The summed E-state index contributed by atoms with van der Waals surface area (Å²) in [5.41, 5.74) is 4.19. The number of anilines is 1. The summed E-state index contributed by atoms with van der Waals surface area (Å²) in [6.07, 6.45) is 14.9. The maximum Gasteiger partial charge on any atom is 0.477 e. The number of nitrogens with two attached hydrogens (primary N) is 1.